The number of rotatable bonds is 4. The Morgan fingerprint density at radius 3 is 2.46 bits per heavy atom. The first kappa shape index (κ1) is 13.3. The summed E-state index contributed by atoms with van der Waals surface area (Å²) in [6, 6.07) is 10.2. The molecule has 1 unspecified atom stereocenters. The van der Waals surface area contributed by atoms with Gasteiger partial charge >= 0.3 is 0 Å². The second kappa shape index (κ2) is 7.65. The summed E-state index contributed by atoms with van der Waals surface area (Å²) in [5, 5.41) is 0. The van der Waals surface area contributed by atoms with Gasteiger partial charge in [-0.3, -0.25) is 5.84 Å². The zero-order valence-corrected chi connectivity index (χ0v) is 10.9. The number of hydrogen-bond acceptors (Lipinski definition) is 3. The molecule has 2 nitrogen and oxygen atoms in total. The molecule has 1 rings (SSSR count). The van der Waals surface area contributed by atoms with Crippen molar-refractivity contribution in [2.24, 2.45) is 5.84 Å². The van der Waals surface area contributed by atoms with E-state index in [2.05, 4.69) is 17.0 Å². The fourth-order valence-corrected chi connectivity index (χ4v) is 2.13. The largest absolute Gasteiger partial charge is 0.263 e. The molecule has 0 aliphatic carbocycles. The predicted octanol–water partition coefficient (Wildman–Crippen LogP) is 1.52. The molecule has 1 atom stereocenters. The minimum Gasteiger partial charge on any atom is -0.263 e. The standard InChI is InChI=1S/C8H12N2S2.Pt/c9-10-12(7-11)6-8-4-2-1-3-5-8;/h1-5,7,10,12H,6,9H2;. The van der Waals surface area contributed by atoms with E-state index >= 15 is 0 Å². The topological polar surface area (TPSA) is 38.0 Å². The smallest absolute Gasteiger partial charge is 0.0281 e. The van der Waals surface area contributed by atoms with Gasteiger partial charge in [-0.1, -0.05) is 42.5 Å². The van der Waals surface area contributed by atoms with Crippen LogP contribution in [0.2, 0.25) is 0 Å². The Bertz CT molecular complexity index is 243. The number of nitrogens with two attached hydrogens (primary N) is 1. The van der Waals surface area contributed by atoms with Gasteiger partial charge in [-0.2, -0.15) is 11.1 Å². The molecule has 0 aliphatic heterocycles. The van der Waals surface area contributed by atoms with Crippen LogP contribution >= 0.6 is 23.3 Å². The van der Waals surface area contributed by atoms with Crippen LogP contribution in [0.5, 0.6) is 0 Å². The molecule has 0 aromatic heterocycles. The Morgan fingerprint density at radius 1 is 1.38 bits per heavy atom. The van der Waals surface area contributed by atoms with Gasteiger partial charge in [-0.15, -0.1) is 0 Å². The second-order valence-electron chi connectivity index (χ2n) is 2.35. The molecule has 5 heteroatoms. The number of hydrogen-bond donors (Lipinski definition) is 3. The number of thiol groups is 1. The van der Waals surface area contributed by atoms with Gasteiger partial charge in [0.2, 0.25) is 0 Å². The van der Waals surface area contributed by atoms with Gasteiger partial charge < -0.3 is 0 Å². The van der Waals surface area contributed by atoms with E-state index in [1.165, 1.54) is 5.56 Å². The second-order valence-corrected chi connectivity index (χ2v) is 4.71. The van der Waals surface area contributed by atoms with Crippen molar-refractivity contribution in [1.82, 2.24) is 4.83 Å². The van der Waals surface area contributed by atoms with Gasteiger partial charge in [-0.05, 0) is 5.56 Å². The third-order valence-electron chi connectivity index (χ3n) is 1.49. The Labute approximate surface area is 101 Å². The van der Waals surface area contributed by atoms with Crippen LogP contribution in [-0.4, -0.2) is 4.70 Å². The number of benzene rings is 1. The summed E-state index contributed by atoms with van der Waals surface area (Å²) in [6.07, 6.45) is 0. The van der Waals surface area contributed by atoms with Crippen molar-refractivity contribution < 1.29 is 21.1 Å². The zero-order valence-electron chi connectivity index (χ0n) is 6.92. The molecular formula is C8H12N2PtS2. The first-order valence-electron chi connectivity index (χ1n) is 3.59. The number of thiocarbonyl (C=S) groups is 1. The summed E-state index contributed by atoms with van der Waals surface area (Å²) in [5.74, 6) is 6.22. The van der Waals surface area contributed by atoms with E-state index in [9.17, 15) is 0 Å². The normalized spacial score (nSPS) is 12.8. The van der Waals surface area contributed by atoms with Crippen LogP contribution in [0.4, 0.5) is 0 Å². The van der Waals surface area contributed by atoms with Crippen molar-refractivity contribution in [3.05, 3.63) is 35.9 Å². The zero-order chi connectivity index (χ0) is 8.81. The maximum Gasteiger partial charge on any atom is 0.0281 e. The van der Waals surface area contributed by atoms with E-state index in [1.807, 2.05) is 18.2 Å². The molecule has 0 saturated carbocycles. The molecule has 1 aromatic carbocycles. The van der Waals surface area contributed by atoms with E-state index in [-0.39, 0.29) is 21.1 Å². The molecule has 0 radical (unpaired) electrons. The first-order chi connectivity index (χ1) is 5.86. The van der Waals surface area contributed by atoms with Gasteiger partial charge in [0, 0.05) is 31.5 Å². The van der Waals surface area contributed by atoms with Crippen molar-refractivity contribution in [1.29, 1.82) is 0 Å². The van der Waals surface area contributed by atoms with Crippen molar-refractivity contribution in [3.8, 4) is 0 Å². The van der Waals surface area contributed by atoms with Crippen molar-refractivity contribution in [3.63, 3.8) is 0 Å². The molecule has 0 amide bonds. The van der Waals surface area contributed by atoms with Crippen LogP contribution in [0.1, 0.15) is 5.56 Å². The molecule has 0 aliphatic rings. The molecule has 0 fully saturated rings. The van der Waals surface area contributed by atoms with Gasteiger partial charge in [-0.25, -0.2) is 4.83 Å². The Balaban J connectivity index is 0.00000144. The third-order valence-corrected chi connectivity index (χ3v) is 3.54. The van der Waals surface area contributed by atoms with Crippen molar-refractivity contribution >= 4 is 28.0 Å². The van der Waals surface area contributed by atoms with Gasteiger partial charge in [0.05, 0.1) is 0 Å². The number of hydrazine groups is 1. The molecule has 3 N–H and O–H groups in total. The van der Waals surface area contributed by atoms with Crippen LogP contribution in [0.25, 0.3) is 0 Å². The minimum atomic E-state index is -0.515. The Kier molecular flexibility index (Phi) is 7.81. The fraction of sp³-hybridized carbons (Fsp3) is 0.125. The van der Waals surface area contributed by atoms with E-state index in [4.69, 9.17) is 18.1 Å². The maximum atomic E-state index is 5.31. The molecule has 0 heterocycles. The van der Waals surface area contributed by atoms with Crippen molar-refractivity contribution in [2.75, 3.05) is 0 Å². The molecule has 13 heavy (non-hydrogen) atoms. The van der Waals surface area contributed by atoms with Crippen LogP contribution in [0.3, 0.4) is 0 Å². The third kappa shape index (κ3) is 4.89. The fourth-order valence-electron chi connectivity index (χ4n) is 0.893. The number of nitrogens with one attached hydrogen (secondary N) is 1. The first-order valence-corrected chi connectivity index (χ1v) is 5.65. The van der Waals surface area contributed by atoms with E-state index in [0.717, 1.165) is 5.75 Å². The predicted molar refractivity (Wildman–Crippen MR) is 60.1 cm³/mol. The molecule has 76 valence electrons. The summed E-state index contributed by atoms with van der Waals surface area (Å²) < 4.78 is 1.71. The molecule has 0 spiro atoms. The molecule has 1 aromatic rings. The van der Waals surface area contributed by atoms with Gasteiger partial charge in [0.25, 0.3) is 0 Å². The average Bonchev–Trinajstić information content (AvgIpc) is 2.16. The Morgan fingerprint density at radius 2 is 2.00 bits per heavy atom. The quantitative estimate of drug-likeness (QED) is 0.313. The Hall–Kier alpha value is 0.268. The summed E-state index contributed by atoms with van der Waals surface area (Å²) in [7, 11) is 0. The van der Waals surface area contributed by atoms with Crippen LogP contribution in [0, 0.1) is 0 Å². The maximum absolute atomic E-state index is 5.31. The van der Waals surface area contributed by atoms with Crippen LogP contribution in [0.15, 0.2) is 30.3 Å². The van der Waals surface area contributed by atoms with Crippen LogP contribution < -0.4 is 10.7 Å². The summed E-state index contributed by atoms with van der Waals surface area (Å²) >= 11 is 4.32. The minimum absolute atomic E-state index is 0. The summed E-state index contributed by atoms with van der Waals surface area (Å²) in [5.41, 5.74) is 1.27. The average molecular weight is 395 g/mol. The van der Waals surface area contributed by atoms with Crippen LogP contribution in [-0.2, 0) is 26.8 Å². The summed E-state index contributed by atoms with van der Waals surface area (Å²) in [6.45, 7) is 0. The molecular weight excluding hydrogens is 383 g/mol. The molecule has 0 bridgehead atoms. The van der Waals surface area contributed by atoms with Gasteiger partial charge in [0.15, 0.2) is 0 Å². The van der Waals surface area contributed by atoms with E-state index in [1.54, 1.807) is 4.70 Å². The summed E-state index contributed by atoms with van der Waals surface area (Å²) in [4.78, 5) is 2.71. The monoisotopic (exact) mass is 395 g/mol. The van der Waals surface area contributed by atoms with Crippen molar-refractivity contribution in [2.45, 2.75) is 5.75 Å². The molecule has 0 saturated heterocycles. The van der Waals surface area contributed by atoms with E-state index in [0.29, 0.717) is 0 Å². The van der Waals surface area contributed by atoms with E-state index < -0.39 is 11.1 Å². The SMILES string of the molecule is NN[SH](C=S)Cc1ccccc1.[Pt]. The van der Waals surface area contributed by atoms with Gasteiger partial charge in [0.1, 0.15) is 0 Å².